The zero-order valence-electron chi connectivity index (χ0n) is 23.0. The van der Waals surface area contributed by atoms with Gasteiger partial charge >= 0.3 is 12.2 Å². The van der Waals surface area contributed by atoms with E-state index < -0.39 is 46.4 Å². The maximum atomic E-state index is 14.0. The third-order valence-corrected chi connectivity index (χ3v) is 8.04. The Morgan fingerprint density at radius 3 is 2.74 bits per heavy atom. The Kier molecular flexibility index (Phi) is 5.99. The molecule has 4 fully saturated rings. The third kappa shape index (κ3) is 4.78. The number of fused-ring (bicyclic) bond motifs is 4. The zero-order chi connectivity index (χ0) is 29.3. The van der Waals surface area contributed by atoms with E-state index in [0.717, 1.165) is 36.0 Å². The topological polar surface area (TPSA) is 95.8 Å². The molecule has 1 aromatic carbocycles. The molecular weight excluding hydrogens is 537 g/mol. The summed E-state index contributed by atoms with van der Waals surface area (Å²) in [4.78, 5) is 26.5. The van der Waals surface area contributed by atoms with Gasteiger partial charge in [-0.05, 0) is 51.4 Å². The number of nitrogens with zero attached hydrogens (tertiary/aromatic N) is 5. The van der Waals surface area contributed by atoms with Crippen LogP contribution in [0, 0.1) is 0 Å². The lowest BCUT2D eigenvalue weighted by Gasteiger charge is -2.46. The van der Waals surface area contributed by atoms with Crippen molar-refractivity contribution < 1.29 is 25.8 Å². The molecule has 0 radical (unpaired) electrons. The van der Waals surface area contributed by atoms with Crippen molar-refractivity contribution in [2.45, 2.75) is 50.0 Å². The van der Waals surface area contributed by atoms with Gasteiger partial charge in [0.05, 0.1) is 24.4 Å². The van der Waals surface area contributed by atoms with Crippen LogP contribution >= 0.6 is 11.6 Å². The number of anilines is 1. The molecule has 4 aliphatic heterocycles. The number of nitrogens with one attached hydrogen (secondary N) is 1. The number of ether oxygens (including phenoxy) is 1. The van der Waals surface area contributed by atoms with Crippen LogP contribution in [-0.2, 0) is 6.18 Å². The Morgan fingerprint density at radius 1 is 1.28 bits per heavy atom. The van der Waals surface area contributed by atoms with Gasteiger partial charge in [-0.25, -0.2) is 0 Å². The highest BCUT2D eigenvalue weighted by Crippen LogP contribution is 2.41. The number of halogens is 4. The Balaban J connectivity index is 1.54. The lowest BCUT2D eigenvalue weighted by Crippen LogP contribution is -2.61. The Labute approximate surface area is 230 Å². The van der Waals surface area contributed by atoms with Gasteiger partial charge in [0.25, 0.3) is 5.56 Å². The maximum absolute atomic E-state index is 14.0. The van der Waals surface area contributed by atoms with Gasteiger partial charge in [0.1, 0.15) is 23.6 Å². The molecule has 2 N–H and O–H groups in total. The fraction of sp³-hybridized carbons (Fsp3) is 0.500. The quantitative estimate of drug-likeness (QED) is 0.484. The molecule has 4 saturated heterocycles. The van der Waals surface area contributed by atoms with Crippen LogP contribution in [0.25, 0.3) is 16.6 Å². The minimum atomic E-state index is -4.93. The number of likely N-dealkylation sites (N-methyl/N-ethyl adjacent to an activating group) is 1. The largest absolute Gasteiger partial charge is 0.508 e. The third-order valence-electron chi connectivity index (χ3n) is 7.74. The van der Waals surface area contributed by atoms with Crippen LogP contribution in [-0.4, -0.2) is 75.9 Å². The van der Waals surface area contributed by atoms with E-state index >= 15 is 0 Å². The monoisotopic (exact) mass is 566 g/mol. The van der Waals surface area contributed by atoms with Crippen molar-refractivity contribution in [1.29, 1.82) is 0 Å². The van der Waals surface area contributed by atoms with Crippen molar-refractivity contribution in [1.82, 2.24) is 24.8 Å². The number of pyridine rings is 1. The van der Waals surface area contributed by atoms with Gasteiger partial charge in [-0.3, -0.25) is 9.36 Å². The lowest BCUT2D eigenvalue weighted by atomic mass is 9.93. The van der Waals surface area contributed by atoms with E-state index in [1.54, 1.807) is 7.05 Å². The summed E-state index contributed by atoms with van der Waals surface area (Å²) in [6, 6.07) is 2.30. The maximum Gasteiger partial charge on any atom is 0.419 e. The van der Waals surface area contributed by atoms with E-state index in [1.165, 1.54) is 12.3 Å². The molecule has 2 bridgehead atoms. The zero-order valence-corrected chi connectivity index (χ0v) is 21.8. The summed E-state index contributed by atoms with van der Waals surface area (Å²) < 4.78 is 65.7. The number of piperidine rings is 2. The minimum Gasteiger partial charge on any atom is -0.508 e. The molecule has 13 heteroatoms. The number of piperazine rings is 1. The number of rotatable bonds is 5. The molecule has 2 unspecified atom stereocenters. The van der Waals surface area contributed by atoms with E-state index in [-0.39, 0.29) is 23.6 Å². The summed E-state index contributed by atoms with van der Waals surface area (Å²) in [6.45, 7) is -0.236. The SMILES string of the molecule is [2H]C([2H])(Oc1nc(N2CC3CCC2CN3)c2ccn(-c3cc(O)cc(Cl)c3C(F)(F)F)c(=O)c2n1)[C@@H]1CCCN1C. The highest BCUT2D eigenvalue weighted by Gasteiger charge is 2.38. The summed E-state index contributed by atoms with van der Waals surface area (Å²) in [5.41, 5.74) is -3.13. The minimum absolute atomic E-state index is 0.0489. The van der Waals surface area contributed by atoms with Gasteiger partial charge < -0.3 is 25.0 Å². The molecular formula is C26H28ClF3N6O3. The summed E-state index contributed by atoms with van der Waals surface area (Å²) in [6.07, 6.45) is -0.571. The van der Waals surface area contributed by atoms with Gasteiger partial charge in [-0.1, -0.05) is 11.6 Å². The van der Waals surface area contributed by atoms with Crippen LogP contribution in [0.1, 0.15) is 34.0 Å². The first-order chi connectivity index (χ1) is 19.3. The first kappa shape index (κ1) is 23.8. The highest BCUT2D eigenvalue weighted by molar-refractivity contribution is 6.31. The van der Waals surface area contributed by atoms with Crippen molar-refractivity contribution in [3.05, 3.63) is 45.3 Å². The van der Waals surface area contributed by atoms with Gasteiger partial charge in [0.2, 0.25) is 0 Å². The van der Waals surface area contributed by atoms with Gasteiger partial charge in [-0.2, -0.15) is 23.1 Å². The van der Waals surface area contributed by atoms with E-state index in [9.17, 15) is 23.1 Å². The lowest BCUT2D eigenvalue weighted by molar-refractivity contribution is -0.137. The number of likely N-dealkylation sites (tertiary alicyclic amines) is 1. The van der Waals surface area contributed by atoms with E-state index in [1.807, 2.05) is 9.80 Å². The van der Waals surface area contributed by atoms with Crippen molar-refractivity contribution in [3.63, 3.8) is 0 Å². The van der Waals surface area contributed by atoms with Crippen LogP contribution in [0.3, 0.4) is 0 Å². The average molecular weight is 567 g/mol. The van der Waals surface area contributed by atoms with Crippen LogP contribution in [0.15, 0.2) is 29.2 Å². The Hall–Kier alpha value is -3.09. The molecule has 2 aromatic heterocycles. The van der Waals surface area contributed by atoms with Crippen LogP contribution in [0.2, 0.25) is 5.02 Å². The molecule has 0 amide bonds. The molecule has 6 heterocycles. The number of phenolic OH excluding ortho intramolecular Hbond substituents is 1. The fourth-order valence-corrected chi connectivity index (χ4v) is 6.05. The Morgan fingerprint density at radius 2 is 2.10 bits per heavy atom. The number of phenols is 1. The Bertz CT molecular complexity index is 1560. The van der Waals surface area contributed by atoms with E-state index in [4.69, 9.17) is 19.1 Å². The van der Waals surface area contributed by atoms with Crippen molar-refractivity contribution in [3.8, 4) is 17.4 Å². The first-order valence-electron chi connectivity index (χ1n) is 13.8. The second-order valence-electron chi connectivity index (χ2n) is 10.2. The van der Waals surface area contributed by atoms with Gasteiger partial charge in [-0.15, -0.1) is 0 Å². The normalized spacial score (nSPS) is 24.7. The number of benzene rings is 1. The average Bonchev–Trinajstić information content (AvgIpc) is 3.35. The summed E-state index contributed by atoms with van der Waals surface area (Å²) >= 11 is 5.88. The molecule has 208 valence electrons. The molecule has 9 nitrogen and oxygen atoms in total. The van der Waals surface area contributed by atoms with Crippen molar-refractivity contribution in [2.24, 2.45) is 0 Å². The predicted octanol–water partition coefficient (Wildman–Crippen LogP) is 3.57. The molecule has 4 aliphatic rings. The molecule has 0 aliphatic carbocycles. The molecule has 7 rings (SSSR count). The summed E-state index contributed by atoms with van der Waals surface area (Å²) in [5.74, 6) is -0.200. The number of aromatic nitrogens is 3. The molecule has 3 aromatic rings. The molecule has 0 saturated carbocycles. The van der Waals surface area contributed by atoms with E-state index in [2.05, 4.69) is 15.3 Å². The molecule has 39 heavy (non-hydrogen) atoms. The number of aromatic hydroxyl groups is 1. The highest BCUT2D eigenvalue weighted by atomic mass is 35.5. The van der Waals surface area contributed by atoms with Crippen molar-refractivity contribution >= 4 is 28.3 Å². The fourth-order valence-electron chi connectivity index (χ4n) is 5.74. The number of hydrogen-bond acceptors (Lipinski definition) is 8. The van der Waals surface area contributed by atoms with Gasteiger partial charge in [0.15, 0.2) is 0 Å². The number of hydrogen-bond donors (Lipinski definition) is 2. The standard InChI is InChI=1S/C26H28ClF3N6O3/c1-34-7-2-3-16(34)13-39-25-32-22-18(23(33-25)36-12-14-4-5-15(36)11-31-14)6-8-35(24(22)38)20-10-17(37)9-19(27)21(20)26(28,29)30/h6,8-10,14-16,31,37H,2-5,7,11-13H2,1H3/t14?,15?,16-/m0/s1/i13D2. The first-order valence-corrected chi connectivity index (χ1v) is 13.1. The molecule has 3 atom stereocenters. The van der Waals surface area contributed by atoms with Gasteiger partial charge in [0, 0.05) is 43.5 Å². The second-order valence-corrected chi connectivity index (χ2v) is 10.7. The van der Waals surface area contributed by atoms with Crippen LogP contribution in [0.4, 0.5) is 19.0 Å². The molecule has 0 spiro atoms. The van der Waals surface area contributed by atoms with Crippen molar-refractivity contribution in [2.75, 3.05) is 38.1 Å². The van der Waals surface area contributed by atoms with E-state index in [0.29, 0.717) is 37.3 Å². The second kappa shape index (κ2) is 9.83. The smallest absolute Gasteiger partial charge is 0.419 e. The van der Waals surface area contributed by atoms with Crippen LogP contribution in [0.5, 0.6) is 11.8 Å². The predicted molar refractivity (Wildman–Crippen MR) is 140 cm³/mol. The van der Waals surface area contributed by atoms with Crippen LogP contribution < -0.4 is 20.5 Å². The summed E-state index contributed by atoms with van der Waals surface area (Å²) in [5, 5.41) is 13.0. The summed E-state index contributed by atoms with van der Waals surface area (Å²) in [7, 11) is 1.79. The number of alkyl halides is 3.